The maximum Gasteiger partial charge on any atom is 0.416 e. The monoisotopic (exact) mass is 504 g/mol. The number of nitrogens with zero attached hydrogens (tertiary/aromatic N) is 2. The first kappa shape index (κ1) is 26.1. The molecule has 1 amide bonds. The number of morpholine rings is 1. The van der Waals surface area contributed by atoms with E-state index in [0.29, 0.717) is 0 Å². The number of amides is 1. The summed E-state index contributed by atoms with van der Waals surface area (Å²) in [7, 11) is -2.51. The second kappa shape index (κ2) is 10.8. The summed E-state index contributed by atoms with van der Waals surface area (Å²) in [5.74, 6) is -1.23. The van der Waals surface area contributed by atoms with Gasteiger partial charge >= 0.3 is 6.18 Å². The Kier molecular flexibility index (Phi) is 8.29. The number of methoxy groups -OCH3 is 1. The van der Waals surface area contributed by atoms with Gasteiger partial charge in [-0.15, -0.1) is 0 Å². The predicted octanol–water partition coefficient (Wildman–Crippen LogP) is 3.02. The number of sulfonamides is 1. The summed E-state index contributed by atoms with van der Waals surface area (Å²) < 4.78 is 90.1. The first-order valence-corrected chi connectivity index (χ1v) is 11.8. The number of hydrogen-bond acceptors (Lipinski definition) is 5. The summed E-state index contributed by atoms with van der Waals surface area (Å²) in [5.41, 5.74) is -1.10. The first-order valence-electron chi connectivity index (χ1n) is 10.3. The van der Waals surface area contributed by atoms with Gasteiger partial charge < -0.3 is 14.4 Å². The lowest BCUT2D eigenvalue weighted by Crippen LogP contribution is -2.51. The molecular weight excluding hydrogens is 480 g/mol. The number of ether oxygens (including phenoxy) is 2. The molecule has 1 fully saturated rings. The molecule has 7 nitrogen and oxygen atoms in total. The molecule has 3 rings (SSSR count). The van der Waals surface area contributed by atoms with Gasteiger partial charge in [-0.25, -0.2) is 12.8 Å². The Morgan fingerprint density at radius 3 is 2.56 bits per heavy atom. The van der Waals surface area contributed by atoms with E-state index >= 15 is 0 Å². The fourth-order valence-electron chi connectivity index (χ4n) is 3.51. The van der Waals surface area contributed by atoms with E-state index < -0.39 is 39.6 Å². The molecule has 0 bridgehead atoms. The van der Waals surface area contributed by atoms with Crippen molar-refractivity contribution in [3.63, 3.8) is 0 Å². The molecule has 0 N–H and O–H groups in total. The Labute approximate surface area is 194 Å². The summed E-state index contributed by atoms with van der Waals surface area (Å²) in [6, 6.07) is 8.50. The fourth-order valence-corrected chi connectivity index (χ4v) is 4.97. The number of benzene rings is 2. The average Bonchev–Trinajstić information content (AvgIpc) is 2.81. The van der Waals surface area contributed by atoms with E-state index in [0.717, 1.165) is 42.5 Å². The minimum atomic E-state index is -4.60. The zero-order chi connectivity index (χ0) is 24.9. The Hall–Kier alpha value is -2.54. The van der Waals surface area contributed by atoms with Crippen molar-refractivity contribution in [2.75, 3.05) is 46.5 Å². The fraction of sp³-hybridized carbons (Fsp3) is 0.409. The number of carbonyl (C=O) groups excluding carboxylic acids is 1. The van der Waals surface area contributed by atoms with Gasteiger partial charge in [0.25, 0.3) is 5.91 Å². The largest absolute Gasteiger partial charge is 0.416 e. The number of rotatable bonds is 8. The minimum absolute atomic E-state index is 0.0565. The van der Waals surface area contributed by atoms with E-state index in [9.17, 15) is 30.8 Å². The SMILES string of the molecule is COCCN(CC1CN(S(=O)(=O)c2ccc(F)cc2)CCO1)C(=O)c1cccc(C(F)(F)F)c1. The molecule has 12 heteroatoms. The van der Waals surface area contributed by atoms with Gasteiger partial charge in [0, 0.05) is 38.9 Å². The van der Waals surface area contributed by atoms with Gasteiger partial charge in [0.05, 0.1) is 29.8 Å². The molecule has 186 valence electrons. The van der Waals surface area contributed by atoms with Crippen LogP contribution in [0.15, 0.2) is 53.4 Å². The molecule has 0 aliphatic carbocycles. The molecule has 1 saturated heterocycles. The van der Waals surface area contributed by atoms with Crippen LogP contribution in [0.3, 0.4) is 0 Å². The molecule has 34 heavy (non-hydrogen) atoms. The molecule has 2 aromatic rings. The highest BCUT2D eigenvalue weighted by Crippen LogP contribution is 2.30. The summed E-state index contributed by atoms with van der Waals surface area (Å²) in [4.78, 5) is 14.2. The van der Waals surface area contributed by atoms with Gasteiger partial charge in [0.2, 0.25) is 10.0 Å². The van der Waals surface area contributed by atoms with Crippen molar-refractivity contribution in [3.05, 3.63) is 65.5 Å². The second-order valence-corrected chi connectivity index (χ2v) is 9.57. The van der Waals surface area contributed by atoms with Crippen molar-refractivity contribution in [2.24, 2.45) is 0 Å². The van der Waals surface area contributed by atoms with Gasteiger partial charge in [-0.1, -0.05) is 6.07 Å². The van der Waals surface area contributed by atoms with E-state index in [2.05, 4.69) is 0 Å². The van der Waals surface area contributed by atoms with Crippen LogP contribution in [0.1, 0.15) is 15.9 Å². The van der Waals surface area contributed by atoms with Crippen molar-refractivity contribution in [2.45, 2.75) is 17.2 Å². The van der Waals surface area contributed by atoms with Crippen LogP contribution in [0.4, 0.5) is 17.6 Å². The van der Waals surface area contributed by atoms with Gasteiger partial charge in [-0.3, -0.25) is 4.79 Å². The van der Waals surface area contributed by atoms with Crippen molar-refractivity contribution >= 4 is 15.9 Å². The topological polar surface area (TPSA) is 76.2 Å². The molecule has 0 aromatic heterocycles. The van der Waals surface area contributed by atoms with E-state index in [-0.39, 0.29) is 49.9 Å². The molecule has 1 atom stereocenters. The normalized spacial score (nSPS) is 17.5. The average molecular weight is 505 g/mol. The molecule has 2 aromatic carbocycles. The molecule has 1 unspecified atom stereocenters. The van der Waals surface area contributed by atoms with Crippen LogP contribution < -0.4 is 0 Å². The van der Waals surface area contributed by atoms with E-state index in [1.165, 1.54) is 22.4 Å². The Morgan fingerprint density at radius 1 is 1.21 bits per heavy atom. The highest BCUT2D eigenvalue weighted by Gasteiger charge is 2.34. The lowest BCUT2D eigenvalue weighted by atomic mass is 10.1. The van der Waals surface area contributed by atoms with Gasteiger partial charge in [0.15, 0.2) is 0 Å². The van der Waals surface area contributed by atoms with Crippen molar-refractivity contribution in [1.82, 2.24) is 9.21 Å². The highest BCUT2D eigenvalue weighted by molar-refractivity contribution is 7.89. The Bertz CT molecular complexity index is 1090. The molecule has 1 aliphatic heterocycles. The zero-order valence-corrected chi connectivity index (χ0v) is 19.1. The molecule has 1 heterocycles. The predicted molar refractivity (Wildman–Crippen MR) is 114 cm³/mol. The number of carbonyl (C=O) groups is 1. The number of halogens is 4. The van der Waals surface area contributed by atoms with Crippen LogP contribution in [0.2, 0.25) is 0 Å². The van der Waals surface area contributed by atoms with Crippen LogP contribution in [-0.2, 0) is 25.7 Å². The number of hydrogen-bond donors (Lipinski definition) is 0. The standard InChI is InChI=1S/C22H24F4N2O5S/c1-32-11-9-27(21(29)16-3-2-4-17(13-16)22(24,25)26)14-19-15-28(10-12-33-19)34(30,31)20-7-5-18(23)6-8-20/h2-8,13,19H,9-12,14-15H2,1H3. The van der Waals surface area contributed by atoms with Gasteiger partial charge in [0.1, 0.15) is 5.82 Å². The van der Waals surface area contributed by atoms with Crippen LogP contribution in [0, 0.1) is 5.82 Å². The first-order chi connectivity index (χ1) is 16.0. The van der Waals surface area contributed by atoms with Crippen LogP contribution >= 0.6 is 0 Å². The third-order valence-corrected chi connectivity index (χ3v) is 7.15. The van der Waals surface area contributed by atoms with Gasteiger partial charge in [-0.2, -0.15) is 17.5 Å². The van der Waals surface area contributed by atoms with Gasteiger partial charge in [-0.05, 0) is 42.5 Å². The molecular formula is C22H24F4N2O5S. The lowest BCUT2D eigenvalue weighted by Gasteiger charge is -2.35. The zero-order valence-electron chi connectivity index (χ0n) is 18.3. The molecule has 0 spiro atoms. The van der Waals surface area contributed by atoms with Crippen molar-refractivity contribution in [3.8, 4) is 0 Å². The smallest absolute Gasteiger partial charge is 0.383 e. The second-order valence-electron chi connectivity index (χ2n) is 7.63. The summed E-state index contributed by atoms with van der Waals surface area (Å²) >= 11 is 0. The van der Waals surface area contributed by atoms with E-state index in [4.69, 9.17) is 9.47 Å². The van der Waals surface area contributed by atoms with E-state index in [1.54, 1.807) is 0 Å². The summed E-state index contributed by atoms with van der Waals surface area (Å²) in [5, 5.41) is 0. The van der Waals surface area contributed by atoms with Crippen molar-refractivity contribution < 1.29 is 40.2 Å². The minimum Gasteiger partial charge on any atom is -0.383 e. The molecule has 0 saturated carbocycles. The lowest BCUT2D eigenvalue weighted by molar-refractivity contribution is -0.137. The van der Waals surface area contributed by atoms with E-state index in [1.807, 2.05) is 0 Å². The summed E-state index contributed by atoms with van der Waals surface area (Å²) in [6.07, 6.45) is -5.33. The van der Waals surface area contributed by atoms with Crippen molar-refractivity contribution in [1.29, 1.82) is 0 Å². The maximum atomic E-state index is 13.2. The molecule has 1 aliphatic rings. The number of alkyl halides is 3. The Morgan fingerprint density at radius 2 is 1.91 bits per heavy atom. The third-order valence-electron chi connectivity index (χ3n) is 5.27. The van der Waals surface area contributed by atoms with Crippen LogP contribution in [0.5, 0.6) is 0 Å². The highest BCUT2D eigenvalue weighted by atomic mass is 32.2. The quantitative estimate of drug-likeness (QED) is 0.517. The van der Waals surface area contributed by atoms with Crippen LogP contribution in [-0.4, -0.2) is 76.1 Å². The molecule has 0 radical (unpaired) electrons. The summed E-state index contributed by atoms with van der Waals surface area (Å²) in [6.45, 7) is 0.162. The third kappa shape index (κ3) is 6.32. The van der Waals surface area contributed by atoms with Crippen LogP contribution in [0.25, 0.3) is 0 Å². The maximum absolute atomic E-state index is 13.2. The Balaban J connectivity index is 1.77.